The minimum absolute atomic E-state index is 0.705. The van der Waals surface area contributed by atoms with Crippen LogP contribution in [0.3, 0.4) is 0 Å². The van der Waals surface area contributed by atoms with Crippen LogP contribution in [-0.4, -0.2) is 10.1 Å². The van der Waals surface area contributed by atoms with Crippen molar-refractivity contribution in [1.82, 2.24) is 4.98 Å². The minimum atomic E-state index is -0.705. The number of hydrogen-bond donors (Lipinski definition) is 1. The lowest BCUT2D eigenvalue weighted by atomic mass is 9.95. The Kier molecular flexibility index (Phi) is 2.25. The van der Waals surface area contributed by atoms with Gasteiger partial charge in [0.1, 0.15) is 0 Å². The highest BCUT2D eigenvalue weighted by molar-refractivity contribution is 5.17. The van der Waals surface area contributed by atoms with Crippen LogP contribution < -0.4 is 0 Å². The standard InChI is InChI=1S/C9H13NO/c1-3-9(2,11)8-4-6-10-7-5-8/h4-7,11H,3H2,1-2H3. The van der Waals surface area contributed by atoms with Gasteiger partial charge in [-0.2, -0.15) is 0 Å². The van der Waals surface area contributed by atoms with E-state index in [9.17, 15) is 5.11 Å². The summed E-state index contributed by atoms with van der Waals surface area (Å²) in [5.41, 5.74) is 0.221. The Hall–Kier alpha value is -0.890. The largest absolute Gasteiger partial charge is 0.385 e. The topological polar surface area (TPSA) is 33.1 Å². The van der Waals surface area contributed by atoms with Crippen LogP contribution in [0.5, 0.6) is 0 Å². The average Bonchev–Trinajstić information content (AvgIpc) is 2.06. The van der Waals surface area contributed by atoms with Crippen molar-refractivity contribution in [3.05, 3.63) is 30.1 Å². The molecule has 0 aliphatic rings. The zero-order valence-corrected chi connectivity index (χ0v) is 6.91. The van der Waals surface area contributed by atoms with E-state index in [-0.39, 0.29) is 0 Å². The molecule has 1 heterocycles. The molecule has 0 amide bonds. The Morgan fingerprint density at radius 1 is 1.45 bits per heavy atom. The highest BCUT2D eigenvalue weighted by atomic mass is 16.3. The molecule has 1 aromatic rings. The van der Waals surface area contributed by atoms with Crippen molar-refractivity contribution in [3.8, 4) is 0 Å². The maximum atomic E-state index is 9.77. The molecule has 0 aliphatic heterocycles. The highest BCUT2D eigenvalue weighted by Gasteiger charge is 2.19. The zero-order chi connectivity index (χ0) is 8.32. The van der Waals surface area contributed by atoms with Gasteiger partial charge in [-0.25, -0.2) is 0 Å². The fourth-order valence-electron chi connectivity index (χ4n) is 0.915. The predicted octanol–water partition coefficient (Wildman–Crippen LogP) is 1.70. The van der Waals surface area contributed by atoms with E-state index in [1.165, 1.54) is 0 Å². The van der Waals surface area contributed by atoms with E-state index in [0.717, 1.165) is 12.0 Å². The third kappa shape index (κ3) is 1.77. The first-order valence-electron chi connectivity index (χ1n) is 3.79. The first kappa shape index (κ1) is 8.21. The van der Waals surface area contributed by atoms with E-state index >= 15 is 0 Å². The van der Waals surface area contributed by atoms with Crippen molar-refractivity contribution in [2.75, 3.05) is 0 Å². The van der Waals surface area contributed by atoms with Gasteiger partial charge in [0, 0.05) is 12.4 Å². The molecule has 2 heteroatoms. The fourth-order valence-corrected chi connectivity index (χ4v) is 0.915. The molecule has 0 radical (unpaired) electrons. The summed E-state index contributed by atoms with van der Waals surface area (Å²) >= 11 is 0. The van der Waals surface area contributed by atoms with Crippen molar-refractivity contribution in [1.29, 1.82) is 0 Å². The monoisotopic (exact) mass is 151 g/mol. The van der Waals surface area contributed by atoms with Crippen LogP contribution in [0, 0.1) is 0 Å². The highest BCUT2D eigenvalue weighted by Crippen LogP contribution is 2.22. The summed E-state index contributed by atoms with van der Waals surface area (Å²) in [6.07, 6.45) is 4.11. The van der Waals surface area contributed by atoms with Crippen LogP contribution in [0.2, 0.25) is 0 Å². The molecule has 1 atom stereocenters. The molecule has 11 heavy (non-hydrogen) atoms. The molecule has 0 saturated heterocycles. The summed E-state index contributed by atoms with van der Waals surface area (Å²) in [6.45, 7) is 3.77. The third-order valence-electron chi connectivity index (χ3n) is 1.99. The lowest BCUT2D eigenvalue weighted by Gasteiger charge is -2.21. The maximum Gasteiger partial charge on any atom is 0.0867 e. The molecular weight excluding hydrogens is 138 g/mol. The Morgan fingerprint density at radius 3 is 2.45 bits per heavy atom. The smallest absolute Gasteiger partial charge is 0.0867 e. The van der Waals surface area contributed by atoms with Gasteiger partial charge < -0.3 is 5.11 Å². The van der Waals surface area contributed by atoms with E-state index in [2.05, 4.69) is 4.98 Å². The first-order chi connectivity index (χ1) is 5.17. The summed E-state index contributed by atoms with van der Waals surface area (Å²) in [4.78, 5) is 3.88. The lowest BCUT2D eigenvalue weighted by molar-refractivity contribution is 0.0530. The second-order valence-electron chi connectivity index (χ2n) is 2.86. The van der Waals surface area contributed by atoms with Crippen LogP contribution in [0.25, 0.3) is 0 Å². The molecule has 2 nitrogen and oxygen atoms in total. The summed E-state index contributed by atoms with van der Waals surface area (Å²) < 4.78 is 0. The normalized spacial score (nSPS) is 15.9. The third-order valence-corrected chi connectivity index (χ3v) is 1.99. The first-order valence-corrected chi connectivity index (χ1v) is 3.79. The number of aliphatic hydroxyl groups is 1. The van der Waals surface area contributed by atoms with E-state index < -0.39 is 5.60 Å². The molecule has 0 aromatic carbocycles. The van der Waals surface area contributed by atoms with Crippen molar-refractivity contribution in [3.63, 3.8) is 0 Å². The number of hydrogen-bond acceptors (Lipinski definition) is 2. The molecule has 0 aliphatic carbocycles. The van der Waals surface area contributed by atoms with Crippen molar-refractivity contribution < 1.29 is 5.11 Å². The van der Waals surface area contributed by atoms with E-state index in [0.29, 0.717) is 0 Å². The predicted molar refractivity (Wildman–Crippen MR) is 44.1 cm³/mol. The SMILES string of the molecule is CCC(C)(O)c1ccncc1. The molecular formula is C9H13NO. The second kappa shape index (κ2) is 3.01. The van der Waals surface area contributed by atoms with Gasteiger partial charge in [-0.15, -0.1) is 0 Å². The van der Waals surface area contributed by atoms with Gasteiger partial charge in [0.25, 0.3) is 0 Å². The van der Waals surface area contributed by atoms with Crippen LogP contribution in [0.4, 0.5) is 0 Å². The Bertz CT molecular complexity index is 218. The van der Waals surface area contributed by atoms with E-state index in [4.69, 9.17) is 0 Å². The van der Waals surface area contributed by atoms with Crippen LogP contribution in [-0.2, 0) is 5.60 Å². The van der Waals surface area contributed by atoms with Gasteiger partial charge in [-0.1, -0.05) is 6.92 Å². The zero-order valence-electron chi connectivity index (χ0n) is 6.91. The Balaban J connectivity index is 2.93. The van der Waals surface area contributed by atoms with Crippen molar-refractivity contribution in [2.24, 2.45) is 0 Å². The molecule has 0 saturated carbocycles. The Labute approximate surface area is 66.9 Å². The molecule has 60 valence electrons. The number of aromatic nitrogens is 1. The number of nitrogens with zero attached hydrogens (tertiary/aromatic N) is 1. The Morgan fingerprint density at radius 2 is 2.00 bits per heavy atom. The average molecular weight is 151 g/mol. The van der Waals surface area contributed by atoms with Crippen molar-refractivity contribution in [2.45, 2.75) is 25.9 Å². The minimum Gasteiger partial charge on any atom is -0.385 e. The van der Waals surface area contributed by atoms with E-state index in [1.807, 2.05) is 26.0 Å². The molecule has 1 rings (SSSR count). The molecule has 0 fully saturated rings. The summed E-state index contributed by atoms with van der Waals surface area (Å²) in [6, 6.07) is 3.67. The molecule has 0 spiro atoms. The van der Waals surface area contributed by atoms with Gasteiger partial charge in [-0.3, -0.25) is 4.98 Å². The molecule has 1 unspecified atom stereocenters. The molecule has 0 bridgehead atoms. The van der Waals surface area contributed by atoms with Crippen LogP contribution in [0.15, 0.2) is 24.5 Å². The summed E-state index contributed by atoms with van der Waals surface area (Å²) in [7, 11) is 0. The van der Waals surface area contributed by atoms with Gasteiger partial charge in [0.15, 0.2) is 0 Å². The quantitative estimate of drug-likeness (QED) is 0.697. The van der Waals surface area contributed by atoms with Gasteiger partial charge >= 0.3 is 0 Å². The number of pyridine rings is 1. The van der Waals surface area contributed by atoms with Gasteiger partial charge in [-0.05, 0) is 31.0 Å². The van der Waals surface area contributed by atoms with Gasteiger partial charge in [0.2, 0.25) is 0 Å². The van der Waals surface area contributed by atoms with Crippen molar-refractivity contribution >= 4 is 0 Å². The fraction of sp³-hybridized carbons (Fsp3) is 0.444. The second-order valence-corrected chi connectivity index (χ2v) is 2.86. The van der Waals surface area contributed by atoms with E-state index in [1.54, 1.807) is 12.4 Å². The number of rotatable bonds is 2. The molecule has 1 N–H and O–H groups in total. The molecule has 1 aromatic heterocycles. The summed E-state index contributed by atoms with van der Waals surface area (Å²) in [5.74, 6) is 0. The maximum absolute atomic E-state index is 9.77. The summed E-state index contributed by atoms with van der Waals surface area (Å²) in [5, 5.41) is 9.77. The van der Waals surface area contributed by atoms with Gasteiger partial charge in [0.05, 0.1) is 5.60 Å². The lowest BCUT2D eigenvalue weighted by Crippen LogP contribution is -2.19. The van der Waals surface area contributed by atoms with Crippen LogP contribution >= 0.6 is 0 Å². The van der Waals surface area contributed by atoms with Crippen LogP contribution in [0.1, 0.15) is 25.8 Å².